The van der Waals surface area contributed by atoms with E-state index in [2.05, 4.69) is 37.8 Å². The molecule has 1 atom stereocenters. The maximum absolute atomic E-state index is 5.68. The van der Waals surface area contributed by atoms with Crippen molar-refractivity contribution in [3.05, 3.63) is 48.1 Å². The van der Waals surface area contributed by atoms with Crippen LogP contribution in [0.25, 0.3) is 0 Å². The summed E-state index contributed by atoms with van der Waals surface area (Å²) in [7, 11) is 0. The van der Waals surface area contributed by atoms with E-state index in [1.165, 1.54) is 30.4 Å². The van der Waals surface area contributed by atoms with E-state index < -0.39 is 0 Å². The van der Waals surface area contributed by atoms with Crippen LogP contribution in [0.15, 0.2) is 48.1 Å². The van der Waals surface area contributed by atoms with Crippen molar-refractivity contribution in [2.45, 2.75) is 52.5 Å². The first-order chi connectivity index (χ1) is 8.10. The van der Waals surface area contributed by atoms with Crippen LogP contribution in [0.3, 0.4) is 0 Å². The first kappa shape index (κ1) is 15.9. The highest BCUT2D eigenvalue weighted by atomic mass is 14.6. The predicted octanol–water partition coefficient (Wildman–Crippen LogP) is 4.53. The molecule has 0 aromatic rings. The molecule has 0 saturated carbocycles. The highest BCUT2D eigenvalue weighted by molar-refractivity contribution is 5.34. The Morgan fingerprint density at radius 3 is 2.47 bits per heavy atom. The van der Waals surface area contributed by atoms with Gasteiger partial charge in [0.2, 0.25) is 0 Å². The van der Waals surface area contributed by atoms with Crippen molar-refractivity contribution in [1.29, 1.82) is 0 Å². The third-order valence-corrected chi connectivity index (χ3v) is 2.54. The summed E-state index contributed by atoms with van der Waals surface area (Å²) in [6.45, 7) is 10.3. The van der Waals surface area contributed by atoms with E-state index in [-0.39, 0.29) is 6.04 Å². The smallest absolute Gasteiger partial charge is 0.0198 e. The van der Waals surface area contributed by atoms with Crippen molar-refractivity contribution in [2.24, 2.45) is 5.73 Å². The minimum absolute atomic E-state index is 0.103. The minimum Gasteiger partial charge on any atom is -0.325 e. The van der Waals surface area contributed by atoms with Gasteiger partial charge in [0.25, 0.3) is 0 Å². The molecule has 1 nitrogen and oxygen atoms in total. The van der Waals surface area contributed by atoms with Crippen LogP contribution in [-0.4, -0.2) is 6.04 Å². The van der Waals surface area contributed by atoms with Crippen molar-refractivity contribution in [3.63, 3.8) is 0 Å². The van der Waals surface area contributed by atoms with Gasteiger partial charge in [-0.3, -0.25) is 0 Å². The molecule has 0 rings (SSSR count). The first-order valence-electron chi connectivity index (χ1n) is 6.56. The summed E-state index contributed by atoms with van der Waals surface area (Å²) in [5.74, 6) is 0. The molecule has 0 radical (unpaired) electrons. The third kappa shape index (κ3) is 9.83. The zero-order chi connectivity index (χ0) is 13.1. The van der Waals surface area contributed by atoms with Gasteiger partial charge in [0, 0.05) is 6.04 Å². The quantitative estimate of drug-likeness (QED) is 0.484. The molecule has 1 heteroatoms. The number of nitrogens with two attached hydrogens (primary N) is 1. The lowest BCUT2D eigenvalue weighted by Crippen LogP contribution is -2.10. The van der Waals surface area contributed by atoms with Gasteiger partial charge in [0.15, 0.2) is 0 Å². The van der Waals surface area contributed by atoms with Gasteiger partial charge >= 0.3 is 0 Å². The van der Waals surface area contributed by atoms with Crippen LogP contribution in [0.5, 0.6) is 0 Å². The van der Waals surface area contributed by atoms with E-state index in [0.29, 0.717) is 0 Å². The Hall–Kier alpha value is -1.08. The monoisotopic (exact) mass is 233 g/mol. The lowest BCUT2D eigenvalue weighted by molar-refractivity contribution is 0.720. The molecule has 17 heavy (non-hydrogen) atoms. The minimum atomic E-state index is 0.103. The first-order valence-corrected chi connectivity index (χ1v) is 6.56. The summed E-state index contributed by atoms with van der Waals surface area (Å²) in [6.07, 6.45) is 15.2. The molecular weight excluding hydrogens is 206 g/mol. The number of hydrogen-bond donors (Lipinski definition) is 1. The van der Waals surface area contributed by atoms with Crippen LogP contribution in [0, 0.1) is 0 Å². The Labute approximate surface area is 107 Å². The van der Waals surface area contributed by atoms with Crippen molar-refractivity contribution < 1.29 is 0 Å². The maximum atomic E-state index is 5.68. The zero-order valence-electron chi connectivity index (χ0n) is 11.6. The molecule has 0 aromatic heterocycles. The van der Waals surface area contributed by atoms with E-state index in [4.69, 9.17) is 5.73 Å². The molecule has 0 aliphatic rings. The van der Waals surface area contributed by atoms with Crippen LogP contribution in [0.1, 0.15) is 46.5 Å². The molecule has 0 saturated heterocycles. The second kappa shape index (κ2) is 10.1. The summed E-state index contributed by atoms with van der Waals surface area (Å²) >= 11 is 0. The molecule has 2 N–H and O–H groups in total. The molecule has 0 aliphatic heterocycles. The summed E-state index contributed by atoms with van der Waals surface area (Å²) in [4.78, 5) is 0. The predicted molar refractivity (Wildman–Crippen MR) is 79.0 cm³/mol. The van der Waals surface area contributed by atoms with Gasteiger partial charge in [-0.1, -0.05) is 62.3 Å². The van der Waals surface area contributed by atoms with Gasteiger partial charge in [0.05, 0.1) is 0 Å². The van der Waals surface area contributed by atoms with E-state index in [1.807, 2.05) is 19.9 Å². The third-order valence-electron chi connectivity index (χ3n) is 2.54. The Morgan fingerprint density at radius 2 is 1.94 bits per heavy atom. The molecule has 0 amide bonds. The van der Waals surface area contributed by atoms with Crippen LogP contribution in [0.4, 0.5) is 0 Å². The van der Waals surface area contributed by atoms with Crippen LogP contribution in [0.2, 0.25) is 0 Å². The SMILES string of the molecule is C=C(\C=C/C(/C=C/C(C)N)=C\C)CCCCC. The Balaban J connectivity index is 4.15. The highest BCUT2D eigenvalue weighted by Crippen LogP contribution is 2.10. The second-order valence-electron chi connectivity index (χ2n) is 4.46. The summed E-state index contributed by atoms with van der Waals surface area (Å²) < 4.78 is 0. The number of hydrogen-bond acceptors (Lipinski definition) is 1. The van der Waals surface area contributed by atoms with Crippen LogP contribution < -0.4 is 5.73 Å². The summed E-state index contributed by atoms with van der Waals surface area (Å²) in [6, 6.07) is 0.103. The molecular formula is C16H27N. The lowest BCUT2D eigenvalue weighted by Gasteiger charge is -2.00. The van der Waals surface area contributed by atoms with Gasteiger partial charge in [0.1, 0.15) is 0 Å². The molecule has 0 heterocycles. The summed E-state index contributed by atoms with van der Waals surface area (Å²) in [5, 5.41) is 0. The Morgan fingerprint density at radius 1 is 1.24 bits per heavy atom. The zero-order valence-corrected chi connectivity index (χ0v) is 11.6. The Kier molecular flexibility index (Phi) is 9.46. The van der Waals surface area contributed by atoms with Crippen LogP contribution >= 0.6 is 0 Å². The van der Waals surface area contributed by atoms with Gasteiger partial charge < -0.3 is 5.73 Å². The molecule has 0 fully saturated rings. The molecule has 1 unspecified atom stereocenters. The molecule has 96 valence electrons. The van der Waals surface area contributed by atoms with Crippen molar-refractivity contribution in [2.75, 3.05) is 0 Å². The largest absolute Gasteiger partial charge is 0.325 e. The number of unbranched alkanes of at least 4 members (excludes halogenated alkanes) is 2. The van der Waals surface area contributed by atoms with Gasteiger partial charge in [-0.05, 0) is 32.3 Å². The van der Waals surface area contributed by atoms with Crippen molar-refractivity contribution in [3.8, 4) is 0 Å². The van der Waals surface area contributed by atoms with Crippen LogP contribution in [-0.2, 0) is 0 Å². The Bertz CT molecular complexity index is 293. The fraction of sp³-hybridized carbons (Fsp3) is 0.500. The standard InChI is InChI=1S/C16H27N/c1-5-7-8-9-14(3)10-12-16(6-2)13-11-15(4)17/h6,10-13,15H,3,5,7-9,17H2,1-2,4H3/b12-10-,13-11+,16-6+. The average Bonchev–Trinajstić information content (AvgIpc) is 2.29. The average molecular weight is 233 g/mol. The lowest BCUT2D eigenvalue weighted by atomic mass is 10.1. The van der Waals surface area contributed by atoms with Gasteiger partial charge in [-0.25, -0.2) is 0 Å². The van der Waals surface area contributed by atoms with Gasteiger partial charge in [-0.2, -0.15) is 0 Å². The van der Waals surface area contributed by atoms with Crippen molar-refractivity contribution >= 4 is 0 Å². The maximum Gasteiger partial charge on any atom is 0.0198 e. The fourth-order valence-electron chi connectivity index (χ4n) is 1.41. The summed E-state index contributed by atoms with van der Waals surface area (Å²) in [5.41, 5.74) is 8.06. The highest BCUT2D eigenvalue weighted by Gasteiger charge is 1.91. The van der Waals surface area contributed by atoms with E-state index in [1.54, 1.807) is 0 Å². The number of rotatable bonds is 8. The number of allylic oxidation sites excluding steroid dienone is 6. The molecule has 0 spiro atoms. The van der Waals surface area contributed by atoms with E-state index >= 15 is 0 Å². The molecule has 0 bridgehead atoms. The molecule has 0 aromatic carbocycles. The van der Waals surface area contributed by atoms with Gasteiger partial charge in [-0.15, -0.1) is 0 Å². The topological polar surface area (TPSA) is 26.0 Å². The normalized spacial score (nSPS) is 14.7. The fourth-order valence-corrected chi connectivity index (χ4v) is 1.41. The van der Waals surface area contributed by atoms with Crippen molar-refractivity contribution in [1.82, 2.24) is 0 Å². The van der Waals surface area contributed by atoms with E-state index in [9.17, 15) is 0 Å². The van der Waals surface area contributed by atoms with E-state index in [0.717, 1.165) is 6.42 Å². The molecule has 0 aliphatic carbocycles. The second-order valence-corrected chi connectivity index (χ2v) is 4.46.